The lowest BCUT2D eigenvalue weighted by atomic mass is 10.1. The molecule has 5 nitrogen and oxygen atoms in total. The summed E-state index contributed by atoms with van der Waals surface area (Å²) in [5, 5.41) is 14.1. The molecule has 3 aromatic rings. The quantitative estimate of drug-likeness (QED) is 0.664. The molecule has 9 heteroatoms. The van der Waals surface area contributed by atoms with Crippen LogP contribution in [0.15, 0.2) is 40.5 Å². The molecule has 0 aliphatic heterocycles. The van der Waals surface area contributed by atoms with Crippen LogP contribution in [0.5, 0.6) is 5.75 Å². The number of fused-ring (bicyclic) bond motifs is 1. The summed E-state index contributed by atoms with van der Waals surface area (Å²) in [6.07, 6.45) is -4.49. The van der Waals surface area contributed by atoms with Crippen molar-refractivity contribution in [2.24, 2.45) is 0 Å². The standard InChI is InChI=1S/C16H11F3N2O3S/c17-16(18,19)9-3-1-2-8(6-9)7-20-14(23)11-12(22)13-10(4-5-25-13)21-15(11)24/h1-6H,7H2,(H,20,23)(H2,21,22,24). The molecule has 3 rings (SSSR count). The molecular weight excluding hydrogens is 357 g/mol. The molecule has 2 heterocycles. The van der Waals surface area contributed by atoms with Crippen LogP contribution in [-0.2, 0) is 12.7 Å². The third-order valence-corrected chi connectivity index (χ3v) is 4.45. The summed E-state index contributed by atoms with van der Waals surface area (Å²) in [5.41, 5.74) is -1.45. The van der Waals surface area contributed by atoms with Crippen LogP contribution in [0.25, 0.3) is 10.2 Å². The second-order valence-corrected chi connectivity index (χ2v) is 6.14. The maximum atomic E-state index is 12.7. The summed E-state index contributed by atoms with van der Waals surface area (Å²) in [4.78, 5) is 26.6. The molecule has 0 aliphatic rings. The topological polar surface area (TPSA) is 82.2 Å². The van der Waals surface area contributed by atoms with Gasteiger partial charge in [-0.3, -0.25) is 9.59 Å². The highest BCUT2D eigenvalue weighted by Gasteiger charge is 2.30. The fraction of sp³-hybridized carbons (Fsp3) is 0.125. The number of aromatic hydroxyl groups is 1. The molecule has 0 aliphatic carbocycles. The number of aromatic amines is 1. The molecule has 3 N–H and O–H groups in total. The van der Waals surface area contributed by atoms with Crippen LogP contribution in [0.4, 0.5) is 13.2 Å². The van der Waals surface area contributed by atoms with Gasteiger partial charge in [-0.05, 0) is 29.1 Å². The number of hydrogen-bond acceptors (Lipinski definition) is 4. The average molecular weight is 368 g/mol. The highest BCUT2D eigenvalue weighted by atomic mass is 32.1. The maximum Gasteiger partial charge on any atom is 0.416 e. The minimum Gasteiger partial charge on any atom is -0.505 e. The number of alkyl halides is 3. The van der Waals surface area contributed by atoms with Gasteiger partial charge in [0.1, 0.15) is 5.56 Å². The number of pyridine rings is 1. The van der Waals surface area contributed by atoms with E-state index in [-0.39, 0.29) is 12.1 Å². The first-order valence-corrected chi connectivity index (χ1v) is 7.92. The molecule has 0 spiro atoms. The molecule has 130 valence electrons. The van der Waals surface area contributed by atoms with Crippen LogP contribution in [0.1, 0.15) is 21.5 Å². The van der Waals surface area contributed by atoms with Crippen molar-refractivity contribution in [1.29, 1.82) is 0 Å². The molecular formula is C16H11F3N2O3S. The molecule has 0 radical (unpaired) electrons. The number of carbonyl (C=O) groups excluding carboxylic acids is 1. The van der Waals surface area contributed by atoms with Gasteiger partial charge in [0.15, 0.2) is 5.75 Å². The van der Waals surface area contributed by atoms with Gasteiger partial charge in [-0.2, -0.15) is 13.2 Å². The zero-order valence-electron chi connectivity index (χ0n) is 12.5. The van der Waals surface area contributed by atoms with Gasteiger partial charge in [0.2, 0.25) is 0 Å². The predicted molar refractivity (Wildman–Crippen MR) is 86.7 cm³/mol. The molecule has 0 fully saturated rings. The first kappa shape index (κ1) is 17.0. The molecule has 2 aromatic heterocycles. The largest absolute Gasteiger partial charge is 0.505 e. The SMILES string of the molecule is O=C(NCc1cccc(C(F)(F)F)c1)c1c(O)c2sccc2[nH]c1=O. The maximum absolute atomic E-state index is 12.7. The number of rotatable bonds is 3. The van der Waals surface area contributed by atoms with E-state index in [2.05, 4.69) is 10.3 Å². The normalized spacial score (nSPS) is 11.6. The summed E-state index contributed by atoms with van der Waals surface area (Å²) in [5.74, 6) is -1.32. The van der Waals surface area contributed by atoms with Gasteiger partial charge >= 0.3 is 6.18 Å². The molecule has 0 saturated heterocycles. The van der Waals surface area contributed by atoms with Gasteiger partial charge in [0.05, 0.1) is 15.8 Å². The van der Waals surface area contributed by atoms with E-state index in [0.717, 1.165) is 23.5 Å². The van der Waals surface area contributed by atoms with Gasteiger partial charge in [0.25, 0.3) is 11.5 Å². The summed E-state index contributed by atoms with van der Waals surface area (Å²) < 4.78 is 38.4. The number of thiophene rings is 1. The van der Waals surface area contributed by atoms with Gasteiger partial charge in [-0.15, -0.1) is 11.3 Å². The summed E-state index contributed by atoms with van der Waals surface area (Å²) >= 11 is 1.15. The van der Waals surface area contributed by atoms with Gasteiger partial charge in [0, 0.05) is 6.54 Å². The second kappa shape index (κ2) is 6.25. The van der Waals surface area contributed by atoms with E-state index in [0.29, 0.717) is 10.2 Å². The number of hydrogen-bond donors (Lipinski definition) is 3. The van der Waals surface area contributed by atoms with Crippen molar-refractivity contribution in [3.05, 3.63) is 62.8 Å². The number of halogens is 3. The summed E-state index contributed by atoms with van der Waals surface area (Å²) in [7, 11) is 0. The van der Waals surface area contributed by atoms with E-state index in [1.165, 1.54) is 12.1 Å². The molecule has 1 aromatic carbocycles. The predicted octanol–water partition coefficient (Wildman–Crippen LogP) is 3.24. The number of carbonyl (C=O) groups is 1. The van der Waals surface area contributed by atoms with E-state index in [9.17, 15) is 27.9 Å². The lowest BCUT2D eigenvalue weighted by Crippen LogP contribution is -2.29. The van der Waals surface area contributed by atoms with Crippen molar-refractivity contribution < 1.29 is 23.1 Å². The smallest absolute Gasteiger partial charge is 0.416 e. The van der Waals surface area contributed by atoms with Crippen LogP contribution in [0, 0.1) is 0 Å². The molecule has 0 atom stereocenters. The lowest BCUT2D eigenvalue weighted by Gasteiger charge is -2.10. The van der Waals surface area contributed by atoms with Crippen LogP contribution in [0.3, 0.4) is 0 Å². The molecule has 1 amide bonds. The van der Waals surface area contributed by atoms with E-state index in [4.69, 9.17) is 0 Å². The van der Waals surface area contributed by atoms with Crippen LogP contribution < -0.4 is 10.9 Å². The number of amides is 1. The van der Waals surface area contributed by atoms with Crippen molar-refractivity contribution in [1.82, 2.24) is 10.3 Å². The van der Waals surface area contributed by atoms with Gasteiger partial charge in [-0.1, -0.05) is 12.1 Å². The lowest BCUT2D eigenvalue weighted by molar-refractivity contribution is -0.137. The third-order valence-electron chi connectivity index (χ3n) is 3.53. The number of H-pyrrole nitrogens is 1. The van der Waals surface area contributed by atoms with Gasteiger partial charge < -0.3 is 15.4 Å². The van der Waals surface area contributed by atoms with Crippen molar-refractivity contribution in [2.75, 3.05) is 0 Å². The fourth-order valence-electron chi connectivity index (χ4n) is 2.34. The van der Waals surface area contributed by atoms with E-state index >= 15 is 0 Å². The Balaban J connectivity index is 1.83. The Morgan fingerprint density at radius 1 is 1.28 bits per heavy atom. The Morgan fingerprint density at radius 3 is 2.76 bits per heavy atom. The Bertz CT molecular complexity index is 1010. The average Bonchev–Trinajstić information content (AvgIpc) is 3.01. The van der Waals surface area contributed by atoms with Gasteiger partial charge in [-0.25, -0.2) is 0 Å². The minimum absolute atomic E-state index is 0.218. The third kappa shape index (κ3) is 3.36. The Hall–Kier alpha value is -2.81. The zero-order valence-corrected chi connectivity index (χ0v) is 13.3. The van der Waals surface area contributed by atoms with E-state index in [1.54, 1.807) is 11.4 Å². The Kier molecular flexibility index (Phi) is 4.25. The van der Waals surface area contributed by atoms with Crippen molar-refractivity contribution in [3.63, 3.8) is 0 Å². The van der Waals surface area contributed by atoms with Crippen molar-refractivity contribution in [2.45, 2.75) is 12.7 Å². The fourth-order valence-corrected chi connectivity index (χ4v) is 3.14. The monoisotopic (exact) mass is 368 g/mol. The molecule has 25 heavy (non-hydrogen) atoms. The number of benzene rings is 1. The van der Waals surface area contributed by atoms with Crippen LogP contribution in [-0.4, -0.2) is 16.0 Å². The molecule has 0 unspecified atom stereocenters. The molecule has 0 bridgehead atoms. The first-order chi connectivity index (χ1) is 11.8. The van der Waals surface area contributed by atoms with Crippen molar-refractivity contribution >= 4 is 27.5 Å². The van der Waals surface area contributed by atoms with E-state index in [1.807, 2.05) is 0 Å². The van der Waals surface area contributed by atoms with Crippen LogP contribution >= 0.6 is 11.3 Å². The highest BCUT2D eigenvalue weighted by Crippen LogP contribution is 2.30. The molecule has 0 saturated carbocycles. The minimum atomic E-state index is -4.49. The highest BCUT2D eigenvalue weighted by molar-refractivity contribution is 7.17. The van der Waals surface area contributed by atoms with E-state index < -0.39 is 34.5 Å². The van der Waals surface area contributed by atoms with Crippen LogP contribution in [0.2, 0.25) is 0 Å². The second-order valence-electron chi connectivity index (χ2n) is 5.22. The number of aromatic nitrogens is 1. The first-order valence-electron chi connectivity index (χ1n) is 7.04. The summed E-state index contributed by atoms with van der Waals surface area (Å²) in [6, 6.07) is 6.07. The summed E-state index contributed by atoms with van der Waals surface area (Å²) in [6.45, 7) is -0.218. The Labute approximate surface area is 142 Å². The van der Waals surface area contributed by atoms with Crippen molar-refractivity contribution in [3.8, 4) is 5.75 Å². The Morgan fingerprint density at radius 2 is 2.04 bits per heavy atom. The number of nitrogens with one attached hydrogen (secondary N) is 2. The zero-order chi connectivity index (χ0) is 18.2.